The van der Waals surface area contributed by atoms with Gasteiger partial charge in [0.15, 0.2) is 0 Å². The van der Waals surface area contributed by atoms with Crippen LogP contribution < -0.4 is 0 Å². The molecule has 0 bridgehead atoms. The van der Waals surface area contributed by atoms with E-state index in [0.29, 0.717) is 13.0 Å². The molecule has 0 amide bonds. The monoisotopic (exact) mass is 180 g/mol. The molecule has 0 aromatic carbocycles. The maximum atomic E-state index is 10.9. The molecule has 0 saturated heterocycles. The predicted octanol–water partition coefficient (Wildman–Crippen LogP) is 2.16. The summed E-state index contributed by atoms with van der Waals surface area (Å²) in [4.78, 5) is 10.9. The molecule has 0 radical (unpaired) electrons. The number of carbonyl (C=O) groups excluding carboxylic acids is 1. The number of terminal acetylenes is 1. The maximum Gasteiger partial charge on any atom is 0.330 e. The highest BCUT2D eigenvalue weighted by Crippen LogP contribution is 2.20. The highest BCUT2D eigenvalue weighted by Gasteiger charge is 2.12. The number of ether oxygens (including phenoxy) is 1. The molecule has 0 atom stereocenters. The topological polar surface area (TPSA) is 26.3 Å². The van der Waals surface area contributed by atoms with E-state index in [1.165, 1.54) is 6.08 Å². The summed E-state index contributed by atoms with van der Waals surface area (Å²) in [6, 6.07) is 0. The number of hydrogen-bond donors (Lipinski definition) is 0. The minimum absolute atomic E-state index is 0.137. The second kappa shape index (κ2) is 5.42. The molecule has 0 unspecified atom stereocenters. The molecule has 0 aromatic heterocycles. The number of carbonyl (C=O) groups is 1. The molecule has 0 aliphatic rings. The first-order chi connectivity index (χ1) is 6.02. The van der Waals surface area contributed by atoms with E-state index in [4.69, 9.17) is 11.2 Å². The normalized spacial score (nSPS) is 11.2. The molecule has 0 rings (SSSR count). The van der Waals surface area contributed by atoms with Crippen LogP contribution in [0, 0.1) is 17.8 Å². The van der Waals surface area contributed by atoms with Gasteiger partial charge in [0.1, 0.15) is 0 Å². The number of rotatable bonds is 4. The molecule has 0 aliphatic heterocycles. The zero-order valence-electron chi connectivity index (χ0n) is 8.46. The van der Waals surface area contributed by atoms with Crippen molar-refractivity contribution in [3.05, 3.63) is 12.2 Å². The van der Waals surface area contributed by atoms with Gasteiger partial charge in [-0.2, -0.15) is 0 Å². The van der Waals surface area contributed by atoms with E-state index in [1.54, 1.807) is 13.0 Å². The Labute approximate surface area is 80.0 Å². The van der Waals surface area contributed by atoms with Crippen molar-refractivity contribution in [2.75, 3.05) is 6.61 Å². The molecule has 2 nitrogen and oxygen atoms in total. The van der Waals surface area contributed by atoms with Crippen LogP contribution in [0.25, 0.3) is 0 Å². The van der Waals surface area contributed by atoms with Crippen LogP contribution in [0.3, 0.4) is 0 Å². The first kappa shape index (κ1) is 11.8. The smallest absolute Gasteiger partial charge is 0.330 e. The minimum atomic E-state index is -0.312. The second-order valence-corrected chi connectivity index (χ2v) is 3.45. The van der Waals surface area contributed by atoms with Crippen molar-refractivity contribution >= 4 is 5.97 Å². The molecule has 0 aromatic rings. The Hall–Kier alpha value is -1.23. The lowest BCUT2D eigenvalue weighted by Gasteiger charge is -2.15. The Morgan fingerprint density at radius 3 is 2.69 bits per heavy atom. The summed E-state index contributed by atoms with van der Waals surface area (Å²) in [7, 11) is 0. The summed E-state index contributed by atoms with van der Waals surface area (Å²) >= 11 is 0. The van der Waals surface area contributed by atoms with Crippen molar-refractivity contribution in [3.8, 4) is 12.3 Å². The fourth-order valence-corrected chi connectivity index (χ4v) is 0.806. The predicted molar refractivity (Wildman–Crippen MR) is 53.0 cm³/mol. The van der Waals surface area contributed by atoms with Gasteiger partial charge in [0.2, 0.25) is 0 Å². The van der Waals surface area contributed by atoms with Crippen LogP contribution in [0.2, 0.25) is 0 Å². The summed E-state index contributed by atoms with van der Waals surface area (Å²) in [5.41, 5.74) is -0.137. The first-order valence-corrected chi connectivity index (χ1v) is 4.31. The molecule has 0 spiro atoms. The van der Waals surface area contributed by atoms with Crippen molar-refractivity contribution in [2.45, 2.75) is 27.2 Å². The zero-order chi connectivity index (χ0) is 10.3. The van der Waals surface area contributed by atoms with Crippen LogP contribution >= 0.6 is 0 Å². The van der Waals surface area contributed by atoms with Crippen molar-refractivity contribution in [2.24, 2.45) is 5.41 Å². The molecular weight excluding hydrogens is 164 g/mol. The average molecular weight is 180 g/mol. The van der Waals surface area contributed by atoms with Crippen LogP contribution in [0.15, 0.2) is 12.2 Å². The molecule has 0 heterocycles. The Bertz CT molecular complexity index is 231. The second-order valence-electron chi connectivity index (χ2n) is 3.45. The van der Waals surface area contributed by atoms with Crippen LogP contribution in [0.1, 0.15) is 27.2 Å². The van der Waals surface area contributed by atoms with Gasteiger partial charge in [-0.05, 0) is 12.3 Å². The molecular formula is C11H16O2. The van der Waals surface area contributed by atoms with Gasteiger partial charge >= 0.3 is 5.97 Å². The maximum absolute atomic E-state index is 10.9. The third-order valence-electron chi connectivity index (χ3n) is 1.51. The molecule has 0 fully saturated rings. The van der Waals surface area contributed by atoms with Crippen LogP contribution in [0.5, 0.6) is 0 Å². The van der Waals surface area contributed by atoms with Crippen molar-refractivity contribution < 1.29 is 9.53 Å². The third-order valence-corrected chi connectivity index (χ3v) is 1.51. The largest absolute Gasteiger partial charge is 0.463 e. The summed E-state index contributed by atoms with van der Waals surface area (Å²) < 4.78 is 4.74. The average Bonchev–Trinajstić information content (AvgIpc) is 2.02. The fraction of sp³-hybridized carbons (Fsp3) is 0.545. The highest BCUT2D eigenvalue weighted by molar-refractivity contribution is 5.81. The Kier molecular flexibility index (Phi) is 4.91. The molecule has 0 saturated carbocycles. The van der Waals surface area contributed by atoms with E-state index in [1.807, 2.05) is 13.8 Å². The van der Waals surface area contributed by atoms with Crippen molar-refractivity contribution in [1.82, 2.24) is 0 Å². The van der Waals surface area contributed by atoms with Crippen molar-refractivity contribution in [3.63, 3.8) is 0 Å². The SMILES string of the molecule is C#CCC(C)(C)/C=C/C(=O)OCC. The van der Waals surface area contributed by atoms with E-state index in [2.05, 4.69) is 5.92 Å². The lowest BCUT2D eigenvalue weighted by atomic mass is 9.89. The van der Waals surface area contributed by atoms with Gasteiger partial charge < -0.3 is 4.74 Å². The zero-order valence-corrected chi connectivity index (χ0v) is 8.46. The lowest BCUT2D eigenvalue weighted by molar-refractivity contribution is -0.137. The molecule has 72 valence electrons. The van der Waals surface area contributed by atoms with E-state index in [-0.39, 0.29) is 11.4 Å². The molecule has 13 heavy (non-hydrogen) atoms. The standard InChI is InChI=1S/C11H16O2/c1-5-8-11(3,4)9-7-10(12)13-6-2/h1,7,9H,6,8H2,2-4H3/b9-7+. The van der Waals surface area contributed by atoms with Gasteiger partial charge in [0.05, 0.1) is 6.61 Å². The number of hydrogen-bond acceptors (Lipinski definition) is 2. The van der Waals surface area contributed by atoms with E-state index in [0.717, 1.165) is 0 Å². The Morgan fingerprint density at radius 2 is 2.23 bits per heavy atom. The van der Waals surface area contributed by atoms with Gasteiger partial charge in [-0.15, -0.1) is 12.3 Å². The van der Waals surface area contributed by atoms with E-state index < -0.39 is 0 Å². The quantitative estimate of drug-likeness (QED) is 0.376. The highest BCUT2D eigenvalue weighted by atomic mass is 16.5. The van der Waals surface area contributed by atoms with Gasteiger partial charge in [0, 0.05) is 12.5 Å². The summed E-state index contributed by atoms with van der Waals surface area (Å²) in [6.07, 6.45) is 9.01. The molecule has 0 N–H and O–H groups in total. The van der Waals surface area contributed by atoms with Gasteiger partial charge in [-0.3, -0.25) is 0 Å². The summed E-state index contributed by atoms with van der Waals surface area (Å²) in [5, 5.41) is 0. The summed E-state index contributed by atoms with van der Waals surface area (Å²) in [6.45, 7) is 6.13. The van der Waals surface area contributed by atoms with Crippen LogP contribution in [-0.4, -0.2) is 12.6 Å². The number of esters is 1. The third kappa shape index (κ3) is 5.98. The fourth-order valence-electron chi connectivity index (χ4n) is 0.806. The first-order valence-electron chi connectivity index (χ1n) is 4.31. The Morgan fingerprint density at radius 1 is 1.62 bits per heavy atom. The molecule has 0 aliphatic carbocycles. The minimum Gasteiger partial charge on any atom is -0.463 e. The van der Waals surface area contributed by atoms with E-state index >= 15 is 0 Å². The molecule has 2 heteroatoms. The van der Waals surface area contributed by atoms with Gasteiger partial charge in [-0.1, -0.05) is 19.9 Å². The van der Waals surface area contributed by atoms with Crippen LogP contribution in [-0.2, 0) is 9.53 Å². The Balaban J connectivity index is 4.10. The number of allylic oxidation sites excluding steroid dienone is 1. The van der Waals surface area contributed by atoms with Crippen LogP contribution in [0.4, 0.5) is 0 Å². The van der Waals surface area contributed by atoms with E-state index in [9.17, 15) is 4.79 Å². The lowest BCUT2D eigenvalue weighted by Crippen LogP contribution is -2.08. The van der Waals surface area contributed by atoms with Crippen molar-refractivity contribution in [1.29, 1.82) is 0 Å². The van der Waals surface area contributed by atoms with Gasteiger partial charge in [-0.25, -0.2) is 4.79 Å². The van der Waals surface area contributed by atoms with Gasteiger partial charge in [0.25, 0.3) is 0 Å². The summed E-state index contributed by atoms with van der Waals surface area (Å²) in [5.74, 6) is 2.25.